The molecule has 1 aromatic heterocycles. The molecule has 28 heavy (non-hydrogen) atoms. The minimum atomic E-state index is -1.79. The fraction of sp³-hybridized carbons (Fsp3) is 0.350. The predicted octanol–water partition coefficient (Wildman–Crippen LogP) is 2.69. The van der Waals surface area contributed by atoms with Gasteiger partial charge in [0.2, 0.25) is 22.9 Å². The molecule has 0 saturated carbocycles. The highest BCUT2D eigenvalue weighted by molar-refractivity contribution is 6.36. The maximum absolute atomic E-state index is 13.5. The molecule has 7 nitrogen and oxygen atoms in total. The van der Waals surface area contributed by atoms with Gasteiger partial charge in [-0.15, -0.1) is 0 Å². The Morgan fingerprint density at radius 1 is 1.21 bits per heavy atom. The van der Waals surface area contributed by atoms with Gasteiger partial charge in [-0.25, -0.2) is 0 Å². The third-order valence-electron chi connectivity index (χ3n) is 5.56. The Kier molecular flexibility index (Phi) is 4.04. The molecule has 2 heterocycles. The summed E-state index contributed by atoms with van der Waals surface area (Å²) in [5.74, 6) is -1.11. The number of carbonyl (C=O) groups is 2. The fourth-order valence-corrected chi connectivity index (χ4v) is 4.29. The summed E-state index contributed by atoms with van der Waals surface area (Å²) in [7, 11) is 2.84. The second-order valence-electron chi connectivity index (χ2n) is 7.03. The summed E-state index contributed by atoms with van der Waals surface area (Å²) in [6.45, 7) is 3.38. The molecular formula is C20H18ClNO6. The summed E-state index contributed by atoms with van der Waals surface area (Å²) in [5.41, 5.74) is -0.681. The Balaban J connectivity index is 1.94. The molecular weight excluding hydrogens is 386 g/mol. The first-order chi connectivity index (χ1) is 13.3. The summed E-state index contributed by atoms with van der Waals surface area (Å²) < 4.78 is 17.3. The van der Waals surface area contributed by atoms with E-state index in [-0.39, 0.29) is 39.8 Å². The SMILES string of the molecule is COc1cc(OC)c2c(c1Cl)O[C@@]1(C(=O)c3ccc(C)[n+]([O-])c3C[C@H]1C)C2=O. The predicted molar refractivity (Wildman–Crippen MR) is 99.6 cm³/mol. The number of Topliss-reactive ketones (excluding diaryl/α,β-unsaturated/α-hetero) is 2. The lowest BCUT2D eigenvalue weighted by atomic mass is 9.71. The van der Waals surface area contributed by atoms with Crippen molar-refractivity contribution >= 4 is 23.2 Å². The van der Waals surface area contributed by atoms with Crippen molar-refractivity contribution < 1.29 is 28.5 Å². The molecule has 4 rings (SSSR count). The van der Waals surface area contributed by atoms with Gasteiger partial charge in [-0.1, -0.05) is 18.5 Å². The number of ether oxygens (including phenoxy) is 3. The van der Waals surface area contributed by atoms with Crippen LogP contribution in [0.5, 0.6) is 17.2 Å². The number of pyridine rings is 1. The Morgan fingerprint density at radius 3 is 2.54 bits per heavy atom. The number of aromatic nitrogens is 1. The fourth-order valence-electron chi connectivity index (χ4n) is 4.02. The Bertz CT molecular complexity index is 1050. The number of ketones is 2. The molecule has 0 unspecified atom stereocenters. The van der Waals surface area contributed by atoms with Crippen molar-refractivity contribution in [3.05, 3.63) is 50.9 Å². The highest BCUT2D eigenvalue weighted by Gasteiger charge is 2.63. The van der Waals surface area contributed by atoms with Gasteiger partial charge in [0.1, 0.15) is 22.1 Å². The van der Waals surface area contributed by atoms with E-state index in [1.165, 1.54) is 20.3 Å². The third-order valence-corrected chi connectivity index (χ3v) is 5.92. The first kappa shape index (κ1) is 18.6. The first-order valence-electron chi connectivity index (χ1n) is 8.73. The molecule has 1 aliphatic carbocycles. The van der Waals surface area contributed by atoms with Gasteiger partial charge in [0.25, 0.3) is 0 Å². The Hall–Kier alpha value is -2.80. The second-order valence-corrected chi connectivity index (χ2v) is 7.41. The van der Waals surface area contributed by atoms with Gasteiger partial charge in [-0.2, -0.15) is 4.73 Å². The second kappa shape index (κ2) is 6.10. The summed E-state index contributed by atoms with van der Waals surface area (Å²) in [6.07, 6.45) is 0.211. The lowest BCUT2D eigenvalue weighted by Crippen LogP contribution is -2.59. The number of hydrogen-bond donors (Lipinski definition) is 0. The number of halogens is 1. The van der Waals surface area contributed by atoms with Crippen LogP contribution < -0.4 is 18.9 Å². The van der Waals surface area contributed by atoms with Crippen LogP contribution in [-0.4, -0.2) is 31.4 Å². The molecule has 0 N–H and O–H groups in total. The van der Waals surface area contributed by atoms with Crippen LogP contribution in [0.1, 0.15) is 39.0 Å². The topological polar surface area (TPSA) is 88.8 Å². The van der Waals surface area contributed by atoms with E-state index in [9.17, 15) is 14.8 Å². The van der Waals surface area contributed by atoms with Crippen molar-refractivity contribution in [1.82, 2.24) is 0 Å². The van der Waals surface area contributed by atoms with Gasteiger partial charge in [-0.3, -0.25) is 9.59 Å². The maximum atomic E-state index is 13.5. The average molecular weight is 404 g/mol. The number of methoxy groups -OCH3 is 2. The van der Waals surface area contributed by atoms with Crippen molar-refractivity contribution in [2.45, 2.75) is 25.9 Å². The molecule has 1 aromatic carbocycles. The average Bonchev–Trinajstić information content (AvgIpc) is 2.99. The zero-order chi connectivity index (χ0) is 20.4. The lowest BCUT2D eigenvalue weighted by molar-refractivity contribution is -0.621. The van der Waals surface area contributed by atoms with Crippen LogP contribution >= 0.6 is 11.6 Å². The molecule has 8 heteroatoms. The summed E-state index contributed by atoms with van der Waals surface area (Å²) in [6, 6.07) is 4.60. The van der Waals surface area contributed by atoms with E-state index in [1.54, 1.807) is 26.0 Å². The highest BCUT2D eigenvalue weighted by atomic mass is 35.5. The van der Waals surface area contributed by atoms with Crippen LogP contribution in [0, 0.1) is 18.0 Å². The van der Waals surface area contributed by atoms with Crippen LogP contribution in [0.15, 0.2) is 18.2 Å². The number of fused-ring (bicyclic) bond motifs is 2. The monoisotopic (exact) mass is 403 g/mol. The zero-order valence-electron chi connectivity index (χ0n) is 15.8. The van der Waals surface area contributed by atoms with Crippen molar-refractivity contribution in [3.8, 4) is 17.2 Å². The number of hydrogen-bond acceptors (Lipinski definition) is 6. The van der Waals surface area contributed by atoms with Crippen LogP contribution in [0.3, 0.4) is 0 Å². The molecule has 0 amide bonds. The molecule has 2 aromatic rings. The van der Waals surface area contributed by atoms with Crippen LogP contribution in [-0.2, 0) is 6.42 Å². The quantitative estimate of drug-likeness (QED) is 0.435. The molecule has 2 atom stereocenters. The maximum Gasteiger partial charge on any atom is 0.237 e. The lowest BCUT2D eigenvalue weighted by Gasteiger charge is -2.35. The van der Waals surface area contributed by atoms with E-state index in [4.69, 9.17) is 25.8 Å². The molecule has 0 radical (unpaired) electrons. The van der Waals surface area contributed by atoms with Crippen molar-refractivity contribution in [3.63, 3.8) is 0 Å². The van der Waals surface area contributed by atoms with Gasteiger partial charge in [0.15, 0.2) is 11.4 Å². The van der Waals surface area contributed by atoms with Crippen LogP contribution in [0.4, 0.5) is 0 Å². The normalized spacial score (nSPS) is 22.7. The van der Waals surface area contributed by atoms with E-state index in [1.807, 2.05) is 0 Å². The molecule has 146 valence electrons. The molecule has 2 aliphatic rings. The van der Waals surface area contributed by atoms with E-state index < -0.39 is 23.1 Å². The largest absolute Gasteiger partial charge is 0.618 e. The summed E-state index contributed by atoms with van der Waals surface area (Å²) in [4.78, 5) is 26.9. The zero-order valence-corrected chi connectivity index (χ0v) is 16.5. The standard InChI is InChI=1S/C20H18ClNO6/c1-9-7-12-11(6-5-10(2)22(12)25)18(23)20(9)19(24)15-13(26-3)8-14(27-4)16(21)17(15)28-20/h5-6,8-9H,7H2,1-4H3/t9-,20+/m1/s1. The molecule has 0 bridgehead atoms. The van der Waals surface area contributed by atoms with Crippen molar-refractivity contribution in [2.24, 2.45) is 5.92 Å². The highest BCUT2D eigenvalue weighted by Crippen LogP contribution is 2.53. The van der Waals surface area contributed by atoms with Gasteiger partial charge < -0.3 is 19.4 Å². The Labute approximate surface area is 166 Å². The van der Waals surface area contributed by atoms with Gasteiger partial charge >= 0.3 is 0 Å². The number of carbonyl (C=O) groups excluding carboxylic acids is 2. The van der Waals surface area contributed by atoms with E-state index >= 15 is 0 Å². The minimum Gasteiger partial charge on any atom is -0.618 e. The van der Waals surface area contributed by atoms with Crippen molar-refractivity contribution in [2.75, 3.05) is 14.2 Å². The van der Waals surface area contributed by atoms with E-state index in [0.29, 0.717) is 11.4 Å². The Morgan fingerprint density at radius 2 is 1.89 bits per heavy atom. The van der Waals surface area contributed by atoms with Crippen LogP contribution in [0.25, 0.3) is 0 Å². The molecule has 1 spiro atoms. The first-order valence-corrected chi connectivity index (χ1v) is 9.10. The van der Waals surface area contributed by atoms with Gasteiger partial charge in [0.05, 0.1) is 19.8 Å². The number of rotatable bonds is 2. The van der Waals surface area contributed by atoms with Gasteiger partial charge in [0, 0.05) is 31.4 Å². The molecule has 0 saturated heterocycles. The van der Waals surface area contributed by atoms with Crippen molar-refractivity contribution in [1.29, 1.82) is 0 Å². The molecule has 1 aliphatic heterocycles. The minimum absolute atomic E-state index is 0.0635. The van der Waals surface area contributed by atoms with E-state index in [0.717, 1.165) is 4.73 Å². The van der Waals surface area contributed by atoms with Crippen LogP contribution in [0.2, 0.25) is 5.02 Å². The summed E-state index contributed by atoms with van der Waals surface area (Å²) >= 11 is 6.37. The van der Waals surface area contributed by atoms with E-state index in [2.05, 4.69) is 0 Å². The molecule has 0 fully saturated rings. The van der Waals surface area contributed by atoms with Gasteiger partial charge in [-0.05, 0) is 6.07 Å². The number of nitrogens with zero attached hydrogens (tertiary/aromatic N) is 1. The summed E-state index contributed by atoms with van der Waals surface area (Å²) in [5, 5.41) is 12.5. The number of benzene rings is 1. The number of aryl methyl sites for hydroxylation is 1. The third kappa shape index (κ3) is 2.13. The smallest absolute Gasteiger partial charge is 0.237 e.